The lowest BCUT2D eigenvalue weighted by molar-refractivity contribution is 0.0515. The highest BCUT2D eigenvalue weighted by Gasteiger charge is 2.27. The Morgan fingerprint density at radius 3 is 2.50 bits per heavy atom. The van der Waals surface area contributed by atoms with Crippen LogP contribution < -0.4 is 4.94 Å². The molecule has 5 heteroatoms. The van der Waals surface area contributed by atoms with Crippen molar-refractivity contribution in [3.8, 4) is 0 Å². The molecule has 0 fully saturated rings. The predicted molar refractivity (Wildman–Crippen MR) is 61.3 cm³/mol. The van der Waals surface area contributed by atoms with E-state index in [1.165, 1.54) is 23.2 Å². The van der Waals surface area contributed by atoms with Crippen molar-refractivity contribution in [3.63, 3.8) is 0 Å². The second kappa shape index (κ2) is 4.80. The number of rotatable bonds is 2. The van der Waals surface area contributed by atoms with Gasteiger partial charge in [0.05, 0.1) is 5.54 Å². The Hall–Kier alpha value is -1.13. The molecule has 1 aromatic carbocycles. The summed E-state index contributed by atoms with van der Waals surface area (Å²) < 4.78 is 13.0. The first-order valence-electron chi connectivity index (χ1n) is 4.82. The van der Waals surface area contributed by atoms with Gasteiger partial charge in [0.1, 0.15) is 5.82 Å². The molecule has 1 N–H and O–H groups in total. The molecule has 0 aliphatic carbocycles. The summed E-state index contributed by atoms with van der Waals surface area (Å²) in [4.78, 5) is 14.3. The van der Waals surface area contributed by atoms with Gasteiger partial charge in [-0.05, 0) is 50.7 Å². The van der Waals surface area contributed by atoms with Gasteiger partial charge >= 0.3 is 0 Å². The molecule has 16 heavy (non-hydrogen) atoms. The van der Waals surface area contributed by atoms with Crippen molar-refractivity contribution < 1.29 is 9.18 Å². The normalized spacial score (nSPS) is 11.3. The van der Waals surface area contributed by atoms with E-state index in [4.69, 9.17) is 11.8 Å². The van der Waals surface area contributed by atoms with E-state index in [1.807, 2.05) is 20.8 Å². The average Bonchev–Trinajstić information content (AvgIpc) is 2.16. The Labute approximate surface area is 99.3 Å². The van der Waals surface area contributed by atoms with Gasteiger partial charge in [-0.3, -0.25) is 9.80 Å². The maximum atomic E-state index is 13.0. The first-order valence-corrected chi connectivity index (χ1v) is 5.20. The summed E-state index contributed by atoms with van der Waals surface area (Å²) in [7, 11) is 0. The molecule has 0 unspecified atom stereocenters. The number of carbonyl (C=O) groups excluding carboxylic acids is 1. The van der Waals surface area contributed by atoms with E-state index in [-0.39, 0.29) is 11.5 Å². The van der Waals surface area contributed by atoms with Crippen molar-refractivity contribution >= 4 is 17.7 Å². The van der Waals surface area contributed by atoms with E-state index >= 15 is 0 Å². The Morgan fingerprint density at radius 2 is 2.06 bits per heavy atom. The van der Waals surface area contributed by atoms with E-state index in [9.17, 15) is 9.18 Å². The van der Waals surface area contributed by atoms with Crippen molar-refractivity contribution in [2.45, 2.75) is 26.3 Å². The highest BCUT2D eigenvalue weighted by Crippen LogP contribution is 2.15. The summed E-state index contributed by atoms with van der Waals surface area (Å²) >= 11 is 5.50. The third kappa shape index (κ3) is 2.93. The van der Waals surface area contributed by atoms with Crippen LogP contribution in [0.2, 0.25) is 0 Å². The van der Waals surface area contributed by atoms with Crippen LogP contribution in [0.5, 0.6) is 0 Å². The number of nitrogens with one attached hydrogen (secondary N) is 1. The quantitative estimate of drug-likeness (QED) is 0.641. The first-order chi connectivity index (χ1) is 7.36. The van der Waals surface area contributed by atoms with Gasteiger partial charge in [-0.25, -0.2) is 4.39 Å². The molecular formula is C11H14ClFN2O. The minimum atomic E-state index is -0.495. The van der Waals surface area contributed by atoms with Crippen LogP contribution in [0.3, 0.4) is 0 Å². The molecule has 0 heterocycles. The Morgan fingerprint density at radius 1 is 1.44 bits per heavy atom. The number of amides is 1. The highest BCUT2D eigenvalue weighted by molar-refractivity contribution is 6.14. The molecule has 0 aliphatic rings. The van der Waals surface area contributed by atoms with Crippen molar-refractivity contribution in [3.05, 3.63) is 35.6 Å². The van der Waals surface area contributed by atoms with Crippen molar-refractivity contribution in [1.82, 2.24) is 9.95 Å². The maximum absolute atomic E-state index is 13.0. The standard InChI is InChI=1S/C11H14ClFN2O/c1-11(2,3)15(14-12)10(16)8-5-4-6-9(13)7-8/h4-7,14H,1-3H3. The van der Waals surface area contributed by atoms with Gasteiger partial charge in [0.25, 0.3) is 5.91 Å². The lowest BCUT2D eigenvalue weighted by Crippen LogP contribution is -2.50. The number of carbonyl (C=O) groups is 1. The molecule has 1 amide bonds. The van der Waals surface area contributed by atoms with E-state index < -0.39 is 11.4 Å². The predicted octanol–water partition coefficient (Wildman–Crippen LogP) is 2.72. The summed E-state index contributed by atoms with van der Waals surface area (Å²) in [6.45, 7) is 5.46. The maximum Gasteiger partial charge on any atom is 0.269 e. The van der Waals surface area contributed by atoms with Crippen LogP contribution in [0.15, 0.2) is 24.3 Å². The van der Waals surface area contributed by atoms with Gasteiger partial charge in [-0.15, -0.1) is 4.94 Å². The van der Waals surface area contributed by atoms with Crippen LogP contribution >= 0.6 is 11.8 Å². The van der Waals surface area contributed by atoms with Gasteiger partial charge in [-0.2, -0.15) is 0 Å². The molecule has 0 atom stereocenters. The molecule has 0 aromatic heterocycles. The molecule has 0 spiro atoms. The van der Waals surface area contributed by atoms with Crippen LogP contribution in [0.25, 0.3) is 0 Å². The molecule has 1 rings (SSSR count). The molecular weight excluding hydrogens is 231 g/mol. The number of hydrogen-bond acceptors (Lipinski definition) is 2. The first kappa shape index (κ1) is 12.9. The van der Waals surface area contributed by atoms with E-state index in [0.717, 1.165) is 0 Å². The Kier molecular flexibility index (Phi) is 3.88. The monoisotopic (exact) mass is 244 g/mol. The fraction of sp³-hybridized carbons (Fsp3) is 0.364. The van der Waals surface area contributed by atoms with Crippen molar-refractivity contribution in [1.29, 1.82) is 0 Å². The van der Waals surface area contributed by atoms with Crippen LogP contribution in [0.1, 0.15) is 31.1 Å². The van der Waals surface area contributed by atoms with E-state index in [1.54, 1.807) is 6.07 Å². The molecule has 0 aliphatic heterocycles. The summed E-state index contributed by atoms with van der Waals surface area (Å²) in [6, 6.07) is 5.48. The molecule has 0 saturated heterocycles. The third-order valence-electron chi connectivity index (χ3n) is 2.03. The Balaban J connectivity index is 3.01. The molecule has 0 bridgehead atoms. The minimum Gasteiger partial charge on any atom is -0.268 e. The Bertz CT molecular complexity index is 390. The summed E-state index contributed by atoms with van der Waals surface area (Å²) in [5, 5.41) is 1.24. The van der Waals surface area contributed by atoms with E-state index in [2.05, 4.69) is 4.94 Å². The zero-order valence-electron chi connectivity index (χ0n) is 9.42. The smallest absolute Gasteiger partial charge is 0.268 e. The van der Waals surface area contributed by atoms with Crippen molar-refractivity contribution in [2.24, 2.45) is 0 Å². The SMILES string of the molecule is CC(C)(C)N(NCl)C(=O)c1cccc(F)c1. The molecule has 3 nitrogen and oxygen atoms in total. The fourth-order valence-electron chi connectivity index (χ4n) is 1.22. The minimum absolute atomic E-state index is 0.253. The summed E-state index contributed by atoms with van der Waals surface area (Å²) in [5.41, 5.74) is -0.242. The second-order valence-electron chi connectivity index (χ2n) is 4.41. The second-order valence-corrected chi connectivity index (χ2v) is 4.58. The van der Waals surface area contributed by atoms with Gasteiger partial charge in [0.2, 0.25) is 0 Å². The largest absolute Gasteiger partial charge is 0.269 e. The number of nitrogens with zero attached hydrogens (tertiary/aromatic N) is 1. The number of halogens is 2. The van der Waals surface area contributed by atoms with Gasteiger partial charge in [0.15, 0.2) is 0 Å². The number of hydrogen-bond donors (Lipinski definition) is 1. The summed E-state index contributed by atoms with van der Waals surface area (Å²) in [5.74, 6) is -0.823. The zero-order valence-corrected chi connectivity index (χ0v) is 10.2. The topological polar surface area (TPSA) is 32.3 Å². The average molecular weight is 245 g/mol. The van der Waals surface area contributed by atoms with Crippen LogP contribution in [-0.4, -0.2) is 16.5 Å². The molecule has 0 radical (unpaired) electrons. The third-order valence-corrected chi connectivity index (χ3v) is 2.20. The lowest BCUT2D eigenvalue weighted by atomic mass is 10.1. The lowest BCUT2D eigenvalue weighted by Gasteiger charge is -2.33. The van der Waals surface area contributed by atoms with Gasteiger partial charge in [0, 0.05) is 5.56 Å². The van der Waals surface area contributed by atoms with E-state index in [0.29, 0.717) is 0 Å². The number of benzene rings is 1. The highest BCUT2D eigenvalue weighted by atomic mass is 35.5. The van der Waals surface area contributed by atoms with Crippen LogP contribution in [0.4, 0.5) is 4.39 Å². The molecule has 88 valence electrons. The van der Waals surface area contributed by atoms with Crippen molar-refractivity contribution in [2.75, 3.05) is 0 Å². The zero-order chi connectivity index (χ0) is 12.3. The molecule has 1 aromatic rings. The number of hydrazine groups is 1. The van der Waals surface area contributed by atoms with Gasteiger partial charge in [-0.1, -0.05) is 6.07 Å². The van der Waals surface area contributed by atoms with Gasteiger partial charge < -0.3 is 0 Å². The van der Waals surface area contributed by atoms with Crippen LogP contribution in [-0.2, 0) is 0 Å². The molecule has 0 saturated carbocycles. The van der Waals surface area contributed by atoms with Crippen LogP contribution in [0, 0.1) is 5.82 Å². The fourth-order valence-corrected chi connectivity index (χ4v) is 1.55. The summed E-state index contributed by atoms with van der Waals surface area (Å²) in [6.07, 6.45) is 0.